The van der Waals surface area contributed by atoms with E-state index in [1.54, 1.807) is 0 Å². The Morgan fingerprint density at radius 2 is 2.10 bits per heavy atom. The molecule has 1 heterocycles. The fourth-order valence-corrected chi connectivity index (χ4v) is 0.979. The third kappa shape index (κ3) is 1.21. The van der Waals surface area contributed by atoms with Gasteiger partial charge in [0.25, 0.3) is 0 Å². The summed E-state index contributed by atoms with van der Waals surface area (Å²) in [5, 5.41) is 7.07. The van der Waals surface area contributed by atoms with Crippen molar-refractivity contribution >= 4 is 5.96 Å². The number of guanidine groups is 1. The summed E-state index contributed by atoms with van der Waals surface area (Å²) in [6, 6.07) is 0.587. The van der Waals surface area contributed by atoms with Crippen LogP contribution >= 0.6 is 0 Å². The molecule has 0 unspecified atom stereocenters. The highest BCUT2D eigenvalue weighted by atomic mass is 15.3. The zero-order valence-corrected chi connectivity index (χ0v) is 6.46. The molecule has 0 aromatic carbocycles. The lowest BCUT2D eigenvalue weighted by atomic mass is 10.1. The first-order valence-corrected chi connectivity index (χ1v) is 3.36. The molecule has 1 fully saturated rings. The van der Waals surface area contributed by atoms with E-state index in [1.807, 2.05) is 19.0 Å². The predicted molar refractivity (Wildman–Crippen MR) is 41.0 cm³/mol. The van der Waals surface area contributed by atoms with Crippen LogP contribution in [0.15, 0.2) is 0 Å². The first kappa shape index (κ1) is 7.34. The molecule has 10 heavy (non-hydrogen) atoms. The summed E-state index contributed by atoms with van der Waals surface area (Å²) in [6.45, 7) is 1.81. The van der Waals surface area contributed by atoms with Gasteiger partial charge in [0, 0.05) is 19.1 Å². The summed E-state index contributed by atoms with van der Waals surface area (Å²) < 4.78 is 0. The van der Waals surface area contributed by atoms with E-state index in [9.17, 15) is 0 Å². The fourth-order valence-electron chi connectivity index (χ4n) is 0.979. The van der Waals surface area contributed by atoms with Crippen molar-refractivity contribution in [1.29, 1.82) is 5.41 Å². The van der Waals surface area contributed by atoms with E-state index in [0.29, 0.717) is 6.04 Å². The second-order valence-corrected chi connectivity index (χ2v) is 2.91. The lowest BCUT2D eigenvalue weighted by molar-refractivity contribution is 0.122. The normalized spacial score (nSPS) is 19.3. The van der Waals surface area contributed by atoms with Crippen LogP contribution < -0.4 is 5.73 Å². The summed E-state index contributed by atoms with van der Waals surface area (Å²) in [4.78, 5) is 4.00. The monoisotopic (exact) mass is 142 g/mol. The lowest BCUT2D eigenvalue weighted by Crippen LogP contribution is -2.60. The Hall–Kier alpha value is -0.770. The zero-order valence-electron chi connectivity index (χ0n) is 6.46. The van der Waals surface area contributed by atoms with Gasteiger partial charge in [-0.3, -0.25) is 5.41 Å². The molecule has 0 radical (unpaired) electrons. The molecule has 0 aromatic rings. The third-order valence-electron chi connectivity index (χ3n) is 1.93. The van der Waals surface area contributed by atoms with Crippen LogP contribution in [0.2, 0.25) is 0 Å². The molecule has 1 aliphatic heterocycles. The molecule has 0 amide bonds. The molecule has 4 heteroatoms. The van der Waals surface area contributed by atoms with Crippen LogP contribution in [0.3, 0.4) is 0 Å². The minimum atomic E-state index is 0.193. The molecule has 1 rings (SSSR count). The summed E-state index contributed by atoms with van der Waals surface area (Å²) in [5.41, 5.74) is 5.25. The van der Waals surface area contributed by atoms with Gasteiger partial charge in [0.1, 0.15) is 0 Å². The Labute approximate surface area is 61.1 Å². The summed E-state index contributed by atoms with van der Waals surface area (Å²) in [7, 11) is 4.09. The van der Waals surface area contributed by atoms with Crippen molar-refractivity contribution in [3.05, 3.63) is 0 Å². The molecule has 0 atom stereocenters. The van der Waals surface area contributed by atoms with Gasteiger partial charge in [0.15, 0.2) is 5.96 Å². The van der Waals surface area contributed by atoms with E-state index in [4.69, 9.17) is 11.1 Å². The van der Waals surface area contributed by atoms with Crippen molar-refractivity contribution < 1.29 is 0 Å². The van der Waals surface area contributed by atoms with Gasteiger partial charge in [0.2, 0.25) is 0 Å². The molecular formula is C6H14N4. The molecule has 1 saturated heterocycles. The standard InChI is InChI=1S/C6H14N4/c1-9(2)5-3-10(4-5)6(7)8/h5H,3-4H2,1-2H3,(H3,7,8). The number of hydrogen-bond acceptors (Lipinski definition) is 2. The van der Waals surface area contributed by atoms with Gasteiger partial charge in [-0.2, -0.15) is 0 Å². The minimum Gasteiger partial charge on any atom is -0.370 e. The van der Waals surface area contributed by atoms with Gasteiger partial charge >= 0.3 is 0 Å². The minimum absolute atomic E-state index is 0.193. The van der Waals surface area contributed by atoms with Crippen molar-refractivity contribution in [2.45, 2.75) is 6.04 Å². The van der Waals surface area contributed by atoms with Gasteiger partial charge in [-0.25, -0.2) is 0 Å². The van der Waals surface area contributed by atoms with Gasteiger partial charge in [-0.1, -0.05) is 0 Å². The van der Waals surface area contributed by atoms with Gasteiger partial charge < -0.3 is 15.5 Å². The molecule has 0 saturated carbocycles. The Kier molecular flexibility index (Phi) is 1.80. The van der Waals surface area contributed by atoms with Crippen molar-refractivity contribution in [2.24, 2.45) is 5.73 Å². The highest BCUT2D eigenvalue weighted by Crippen LogP contribution is 2.10. The highest BCUT2D eigenvalue weighted by molar-refractivity contribution is 5.75. The Morgan fingerprint density at radius 3 is 2.40 bits per heavy atom. The van der Waals surface area contributed by atoms with E-state index in [1.165, 1.54) is 0 Å². The topological polar surface area (TPSA) is 56.4 Å². The molecule has 0 aliphatic carbocycles. The zero-order chi connectivity index (χ0) is 7.72. The average molecular weight is 142 g/mol. The Bertz CT molecular complexity index is 137. The van der Waals surface area contributed by atoms with Gasteiger partial charge in [-0.15, -0.1) is 0 Å². The van der Waals surface area contributed by atoms with Gasteiger partial charge in [-0.05, 0) is 14.1 Å². The molecule has 3 N–H and O–H groups in total. The lowest BCUT2D eigenvalue weighted by Gasteiger charge is -2.42. The van der Waals surface area contributed by atoms with Crippen LogP contribution in [0.1, 0.15) is 0 Å². The first-order chi connectivity index (χ1) is 4.61. The van der Waals surface area contributed by atoms with Crippen molar-refractivity contribution in [1.82, 2.24) is 9.80 Å². The van der Waals surface area contributed by atoms with Crippen LogP contribution in [0.5, 0.6) is 0 Å². The molecule has 4 nitrogen and oxygen atoms in total. The number of hydrogen-bond donors (Lipinski definition) is 2. The van der Waals surface area contributed by atoms with Crippen LogP contribution in [0.25, 0.3) is 0 Å². The SMILES string of the molecule is CN(C)C1CN(C(=N)N)C1. The smallest absolute Gasteiger partial charge is 0.188 e. The van der Waals surface area contributed by atoms with Crippen LogP contribution in [0, 0.1) is 5.41 Å². The first-order valence-electron chi connectivity index (χ1n) is 3.36. The van der Waals surface area contributed by atoms with Crippen molar-refractivity contribution in [3.8, 4) is 0 Å². The van der Waals surface area contributed by atoms with Crippen LogP contribution in [0.4, 0.5) is 0 Å². The molecule has 0 spiro atoms. The number of nitrogens with two attached hydrogens (primary N) is 1. The molecule has 58 valence electrons. The summed E-state index contributed by atoms with van der Waals surface area (Å²) in [6.07, 6.45) is 0. The summed E-state index contributed by atoms with van der Waals surface area (Å²) in [5.74, 6) is 0.193. The van der Waals surface area contributed by atoms with Crippen molar-refractivity contribution in [2.75, 3.05) is 27.2 Å². The van der Waals surface area contributed by atoms with E-state index in [0.717, 1.165) is 13.1 Å². The van der Waals surface area contributed by atoms with E-state index >= 15 is 0 Å². The third-order valence-corrected chi connectivity index (χ3v) is 1.93. The van der Waals surface area contributed by atoms with Crippen LogP contribution in [-0.4, -0.2) is 49.0 Å². The maximum absolute atomic E-state index is 7.07. The molecule has 0 bridgehead atoms. The van der Waals surface area contributed by atoms with Crippen LogP contribution in [-0.2, 0) is 0 Å². The number of nitrogens with one attached hydrogen (secondary N) is 1. The predicted octanol–water partition coefficient (Wildman–Crippen LogP) is -0.874. The molecule has 1 aliphatic rings. The van der Waals surface area contributed by atoms with E-state index in [2.05, 4.69) is 4.90 Å². The number of likely N-dealkylation sites (N-methyl/N-ethyl adjacent to an activating group) is 1. The quantitative estimate of drug-likeness (QED) is 0.369. The Balaban J connectivity index is 2.24. The van der Waals surface area contributed by atoms with E-state index in [-0.39, 0.29) is 5.96 Å². The Morgan fingerprint density at radius 1 is 1.60 bits per heavy atom. The number of nitrogens with zero attached hydrogens (tertiary/aromatic N) is 2. The second kappa shape index (κ2) is 2.46. The fraction of sp³-hybridized carbons (Fsp3) is 0.833. The molecule has 0 aromatic heterocycles. The largest absolute Gasteiger partial charge is 0.370 e. The maximum Gasteiger partial charge on any atom is 0.188 e. The maximum atomic E-state index is 7.07. The second-order valence-electron chi connectivity index (χ2n) is 2.91. The van der Waals surface area contributed by atoms with Crippen molar-refractivity contribution in [3.63, 3.8) is 0 Å². The van der Waals surface area contributed by atoms with Gasteiger partial charge in [0.05, 0.1) is 0 Å². The van der Waals surface area contributed by atoms with E-state index < -0.39 is 0 Å². The highest BCUT2D eigenvalue weighted by Gasteiger charge is 2.28. The number of likely N-dealkylation sites (tertiary alicyclic amines) is 1. The summed E-state index contributed by atoms with van der Waals surface area (Å²) >= 11 is 0. The number of rotatable bonds is 1. The average Bonchev–Trinajstić information content (AvgIpc) is 1.56. The molecular weight excluding hydrogens is 128 g/mol.